The molecule has 1 saturated heterocycles. The summed E-state index contributed by atoms with van der Waals surface area (Å²) in [6.07, 6.45) is 3.82. The van der Waals surface area contributed by atoms with E-state index >= 15 is 0 Å². The number of hydrogen-bond donors (Lipinski definition) is 1. The number of aryl methyl sites for hydroxylation is 1. The maximum absolute atomic E-state index is 12.9. The Morgan fingerprint density at radius 1 is 1.17 bits per heavy atom. The molecule has 154 valence electrons. The van der Waals surface area contributed by atoms with Gasteiger partial charge in [-0.05, 0) is 65.5 Å². The lowest BCUT2D eigenvalue weighted by Gasteiger charge is -2.31. The number of aromatic nitrogens is 1. The topological polar surface area (TPSA) is 96.4 Å². The van der Waals surface area contributed by atoms with Crippen LogP contribution in [0.1, 0.15) is 28.8 Å². The van der Waals surface area contributed by atoms with Crippen molar-refractivity contribution < 1.29 is 18.0 Å². The van der Waals surface area contributed by atoms with Crippen molar-refractivity contribution in [2.75, 3.05) is 24.7 Å². The largest absolute Gasteiger partial charge is 0.339 e. The highest BCUT2D eigenvalue weighted by Crippen LogP contribution is 2.23. The lowest BCUT2D eigenvalue weighted by molar-refractivity contribution is -0.121. The van der Waals surface area contributed by atoms with E-state index in [9.17, 15) is 18.0 Å². The van der Waals surface area contributed by atoms with E-state index in [-0.39, 0.29) is 22.6 Å². The maximum Gasteiger partial charge on any atom is 0.254 e. The summed E-state index contributed by atoms with van der Waals surface area (Å²) >= 11 is 3.30. The Balaban J connectivity index is 1.64. The van der Waals surface area contributed by atoms with Crippen molar-refractivity contribution in [2.24, 2.45) is 5.92 Å². The molecular formula is C20H22BrN3O4S. The third-order valence-corrected chi connectivity index (χ3v) is 6.58. The number of likely N-dealkylation sites (tertiary alicyclic amines) is 1. The second kappa shape index (κ2) is 8.62. The van der Waals surface area contributed by atoms with Gasteiger partial charge < -0.3 is 10.2 Å². The summed E-state index contributed by atoms with van der Waals surface area (Å²) in [7, 11) is -3.39. The second-order valence-electron chi connectivity index (χ2n) is 7.17. The maximum atomic E-state index is 12.9. The fourth-order valence-electron chi connectivity index (χ4n) is 3.26. The summed E-state index contributed by atoms with van der Waals surface area (Å²) in [5, 5.41) is 2.81. The summed E-state index contributed by atoms with van der Waals surface area (Å²) in [4.78, 5) is 31.3. The number of sulfone groups is 1. The fraction of sp³-hybridized carbons (Fsp3) is 0.350. The van der Waals surface area contributed by atoms with Gasteiger partial charge in [-0.3, -0.25) is 9.59 Å². The number of rotatable bonds is 4. The lowest BCUT2D eigenvalue weighted by Crippen LogP contribution is -2.41. The number of benzene rings is 1. The zero-order valence-electron chi connectivity index (χ0n) is 16.2. The van der Waals surface area contributed by atoms with Crippen LogP contribution in [0.4, 0.5) is 5.82 Å². The van der Waals surface area contributed by atoms with Gasteiger partial charge in [0.25, 0.3) is 5.91 Å². The Labute approximate surface area is 178 Å². The number of nitrogens with one attached hydrogen (secondary N) is 1. The fourth-order valence-corrected chi connectivity index (χ4v) is 4.14. The first-order chi connectivity index (χ1) is 13.6. The van der Waals surface area contributed by atoms with Gasteiger partial charge in [-0.15, -0.1) is 0 Å². The van der Waals surface area contributed by atoms with Gasteiger partial charge in [0, 0.05) is 41.5 Å². The lowest BCUT2D eigenvalue weighted by atomic mass is 9.95. The monoisotopic (exact) mass is 479 g/mol. The van der Waals surface area contributed by atoms with Crippen molar-refractivity contribution in [3.05, 3.63) is 52.1 Å². The van der Waals surface area contributed by atoms with Gasteiger partial charge in [-0.25, -0.2) is 13.4 Å². The number of nitrogens with zero attached hydrogens (tertiary/aromatic N) is 2. The SMILES string of the molecule is Cc1ccc(S(C)(=O)=O)cc1C(=O)N1CCC(C(=O)Nc2ccc(Br)cn2)CC1. The van der Waals surface area contributed by atoms with E-state index in [0.29, 0.717) is 37.3 Å². The molecule has 1 aromatic heterocycles. The van der Waals surface area contributed by atoms with Crippen LogP contribution in [0.3, 0.4) is 0 Å². The number of pyridine rings is 1. The molecule has 1 fully saturated rings. The average molecular weight is 480 g/mol. The molecular weight excluding hydrogens is 458 g/mol. The molecule has 1 aliphatic heterocycles. The molecule has 0 saturated carbocycles. The van der Waals surface area contributed by atoms with Crippen molar-refractivity contribution in [2.45, 2.75) is 24.7 Å². The Hall–Kier alpha value is -2.26. The predicted molar refractivity (Wildman–Crippen MR) is 113 cm³/mol. The summed E-state index contributed by atoms with van der Waals surface area (Å²) in [6.45, 7) is 2.66. The number of hydrogen-bond acceptors (Lipinski definition) is 5. The molecule has 7 nitrogen and oxygen atoms in total. The Morgan fingerprint density at radius 3 is 2.45 bits per heavy atom. The molecule has 29 heavy (non-hydrogen) atoms. The van der Waals surface area contributed by atoms with Gasteiger partial charge >= 0.3 is 0 Å². The summed E-state index contributed by atoms with van der Waals surface area (Å²) in [5.74, 6) is -0.0264. The molecule has 0 bridgehead atoms. The van der Waals surface area contributed by atoms with Crippen molar-refractivity contribution in [3.8, 4) is 0 Å². The van der Waals surface area contributed by atoms with Crippen LogP contribution in [-0.2, 0) is 14.6 Å². The third-order valence-electron chi connectivity index (χ3n) is 5.00. The number of carbonyl (C=O) groups excluding carboxylic acids is 2. The minimum absolute atomic E-state index is 0.109. The first-order valence-electron chi connectivity index (χ1n) is 9.17. The van der Waals surface area contributed by atoms with Crippen LogP contribution in [0.2, 0.25) is 0 Å². The zero-order valence-corrected chi connectivity index (χ0v) is 18.6. The second-order valence-corrected chi connectivity index (χ2v) is 10.1. The van der Waals surface area contributed by atoms with Crippen LogP contribution in [0.25, 0.3) is 0 Å². The molecule has 1 N–H and O–H groups in total. The first kappa shape index (κ1) is 21.4. The van der Waals surface area contributed by atoms with E-state index in [1.165, 1.54) is 12.1 Å². The highest BCUT2D eigenvalue weighted by molar-refractivity contribution is 9.10. The highest BCUT2D eigenvalue weighted by Gasteiger charge is 2.29. The van der Waals surface area contributed by atoms with Gasteiger partial charge in [0.2, 0.25) is 5.91 Å². The Bertz CT molecular complexity index is 1030. The average Bonchev–Trinajstić information content (AvgIpc) is 2.69. The van der Waals surface area contributed by atoms with Crippen molar-refractivity contribution in [1.29, 1.82) is 0 Å². The van der Waals surface area contributed by atoms with E-state index in [0.717, 1.165) is 16.3 Å². The van der Waals surface area contributed by atoms with Crippen molar-refractivity contribution in [3.63, 3.8) is 0 Å². The molecule has 0 atom stereocenters. The number of piperidine rings is 1. The molecule has 3 rings (SSSR count). The van der Waals surface area contributed by atoms with Crippen LogP contribution >= 0.6 is 15.9 Å². The zero-order chi connectivity index (χ0) is 21.2. The molecule has 0 radical (unpaired) electrons. The number of carbonyl (C=O) groups is 2. The Morgan fingerprint density at radius 2 is 1.86 bits per heavy atom. The van der Waals surface area contributed by atoms with Crippen LogP contribution < -0.4 is 5.32 Å². The van der Waals surface area contributed by atoms with Crippen molar-refractivity contribution >= 4 is 43.4 Å². The highest BCUT2D eigenvalue weighted by atomic mass is 79.9. The quantitative estimate of drug-likeness (QED) is 0.726. The summed E-state index contributed by atoms with van der Waals surface area (Å²) in [5.41, 5.74) is 1.11. The van der Waals surface area contributed by atoms with Crippen molar-refractivity contribution in [1.82, 2.24) is 9.88 Å². The van der Waals surface area contributed by atoms with E-state index in [2.05, 4.69) is 26.2 Å². The molecule has 9 heteroatoms. The van der Waals surface area contributed by atoms with Crippen LogP contribution in [0.5, 0.6) is 0 Å². The predicted octanol–water partition coefficient (Wildman–Crippen LogP) is 3.05. The number of halogens is 1. The van der Waals surface area contributed by atoms with Gasteiger partial charge in [-0.2, -0.15) is 0 Å². The van der Waals surface area contributed by atoms with Crippen LogP contribution in [0.15, 0.2) is 45.9 Å². The van der Waals surface area contributed by atoms with Gasteiger partial charge in [-0.1, -0.05) is 6.07 Å². The Kier molecular flexibility index (Phi) is 6.38. The molecule has 2 amide bonds. The van der Waals surface area contributed by atoms with Gasteiger partial charge in [0.15, 0.2) is 9.84 Å². The molecule has 0 aliphatic carbocycles. The minimum atomic E-state index is -3.39. The van der Waals surface area contributed by atoms with E-state index in [4.69, 9.17) is 0 Å². The molecule has 1 aromatic carbocycles. The molecule has 0 spiro atoms. The van der Waals surface area contributed by atoms with Crippen LogP contribution in [-0.4, -0.2) is 49.5 Å². The minimum Gasteiger partial charge on any atom is -0.339 e. The van der Waals surface area contributed by atoms with Crippen LogP contribution in [0, 0.1) is 12.8 Å². The van der Waals surface area contributed by atoms with E-state index < -0.39 is 9.84 Å². The van der Waals surface area contributed by atoms with E-state index in [1.54, 1.807) is 36.2 Å². The molecule has 2 aromatic rings. The molecule has 0 unspecified atom stereocenters. The molecule has 1 aliphatic rings. The number of amides is 2. The van der Waals surface area contributed by atoms with E-state index in [1.807, 2.05) is 0 Å². The first-order valence-corrected chi connectivity index (χ1v) is 11.9. The smallest absolute Gasteiger partial charge is 0.254 e. The van der Waals surface area contributed by atoms with Gasteiger partial charge in [0.05, 0.1) is 4.90 Å². The van der Waals surface area contributed by atoms with Gasteiger partial charge in [0.1, 0.15) is 5.82 Å². The summed E-state index contributed by atoms with van der Waals surface area (Å²) < 4.78 is 24.4. The number of anilines is 1. The summed E-state index contributed by atoms with van der Waals surface area (Å²) in [6, 6.07) is 8.11. The normalized spacial score (nSPS) is 15.2. The standard InChI is InChI=1S/C20H22BrN3O4S/c1-13-3-5-16(29(2,27)28)11-17(13)20(26)24-9-7-14(8-10-24)19(25)23-18-6-4-15(21)12-22-18/h3-6,11-12,14H,7-10H2,1-2H3,(H,22,23,25). The third kappa shape index (κ3) is 5.22. The molecule has 2 heterocycles.